The van der Waals surface area contributed by atoms with Crippen molar-refractivity contribution in [1.29, 1.82) is 5.26 Å². The van der Waals surface area contributed by atoms with E-state index in [0.29, 0.717) is 24.5 Å². The minimum absolute atomic E-state index is 0.402. The highest BCUT2D eigenvalue weighted by Gasteiger charge is 1.99. The molecular weight excluding hydrogens is 292 g/mol. The van der Waals surface area contributed by atoms with E-state index >= 15 is 0 Å². The molecule has 0 saturated carbocycles. The smallest absolute Gasteiger partial charge is 0.138 e. The van der Waals surface area contributed by atoms with Crippen LogP contribution in [0.15, 0.2) is 61.2 Å². The third-order valence-electron chi connectivity index (χ3n) is 3.10. The summed E-state index contributed by atoms with van der Waals surface area (Å²) in [6, 6.07) is 16.7. The maximum Gasteiger partial charge on any atom is 0.138 e. The Bertz CT molecular complexity index is 792. The van der Waals surface area contributed by atoms with E-state index in [9.17, 15) is 0 Å². The van der Waals surface area contributed by atoms with E-state index in [-0.39, 0.29) is 0 Å². The van der Waals surface area contributed by atoms with Crippen LogP contribution in [-0.2, 0) is 0 Å². The Morgan fingerprint density at radius 2 is 1.78 bits per heavy atom. The quantitative estimate of drug-likeness (QED) is 0.654. The van der Waals surface area contributed by atoms with Gasteiger partial charge in [0.25, 0.3) is 0 Å². The first-order chi connectivity index (χ1) is 11.3. The fraction of sp³-hybridized carbons (Fsp3) is 0.118. The van der Waals surface area contributed by atoms with Crippen LogP contribution in [0.3, 0.4) is 0 Å². The summed E-state index contributed by atoms with van der Waals surface area (Å²) in [5.41, 5.74) is 1.49. The molecule has 1 aromatic heterocycles. The van der Waals surface area contributed by atoms with E-state index in [1.165, 1.54) is 6.33 Å². The molecule has 3 rings (SSSR count). The summed E-state index contributed by atoms with van der Waals surface area (Å²) < 4.78 is 12.9. The van der Waals surface area contributed by atoms with Gasteiger partial charge in [-0.05, 0) is 42.5 Å². The summed E-state index contributed by atoms with van der Waals surface area (Å²) in [6.07, 6.45) is 3.13. The predicted octanol–water partition coefficient (Wildman–Crippen LogP) is 2.60. The maximum atomic E-state index is 8.83. The molecule has 0 fully saturated rings. The van der Waals surface area contributed by atoms with Gasteiger partial charge in [-0.15, -0.1) is 0 Å². The lowest BCUT2D eigenvalue weighted by molar-refractivity contribution is 0.217. The van der Waals surface area contributed by atoms with Gasteiger partial charge < -0.3 is 9.47 Å². The zero-order chi connectivity index (χ0) is 15.9. The molecule has 0 atom stereocenters. The molecule has 0 saturated heterocycles. The normalized spacial score (nSPS) is 10.0. The lowest BCUT2D eigenvalue weighted by Crippen LogP contribution is -2.09. The largest absolute Gasteiger partial charge is 0.490 e. The molecule has 0 spiro atoms. The maximum absolute atomic E-state index is 8.83. The van der Waals surface area contributed by atoms with Crippen molar-refractivity contribution in [2.75, 3.05) is 13.2 Å². The lowest BCUT2D eigenvalue weighted by atomic mass is 10.2. The molecule has 0 unspecified atom stereocenters. The number of hydrogen-bond donors (Lipinski definition) is 0. The molecule has 3 aromatic rings. The highest BCUT2D eigenvalue weighted by atomic mass is 16.5. The molecular formula is C17H14N4O2. The van der Waals surface area contributed by atoms with Crippen molar-refractivity contribution in [3.63, 3.8) is 0 Å². The fourth-order valence-corrected chi connectivity index (χ4v) is 2.01. The molecule has 0 aliphatic heterocycles. The average Bonchev–Trinajstić information content (AvgIpc) is 3.14. The SMILES string of the molecule is N#Cc1cccc(OCCOc2ccc(-n3cncn3)cc2)c1. The van der Waals surface area contributed by atoms with Gasteiger partial charge in [0.05, 0.1) is 17.3 Å². The topological polar surface area (TPSA) is 73.0 Å². The van der Waals surface area contributed by atoms with E-state index < -0.39 is 0 Å². The van der Waals surface area contributed by atoms with Crippen molar-refractivity contribution in [2.24, 2.45) is 0 Å². The Labute approximate surface area is 133 Å². The number of ether oxygens (including phenoxy) is 2. The van der Waals surface area contributed by atoms with Gasteiger partial charge in [0.15, 0.2) is 0 Å². The van der Waals surface area contributed by atoms with Crippen LogP contribution in [0.2, 0.25) is 0 Å². The van der Waals surface area contributed by atoms with Crippen LogP contribution in [-0.4, -0.2) is 28.0 Å². The van der Waals surface area contributed by atoms with Crippen LogP contribution in [0.4, 0.5) is 0 Å². The zero-order valence-corrected chi connectivity index (χ0v) is 12.3. The van der Waals surface area contributed by atoms with Crippen LogP contribution >= 0.6 is 0 Å². The highest BCUT2D eigenvalue weighted by Crippen LogP contribution is 2.15. The van der Waals surface area contributed by atoms with Crippen molar-refractivity contribution < 1.29 is 9.47 Å². The monoisotopic (exact) mass is 306 g/mol. The summed E-state index contributed by atoms with van der Waals surface area (Å²) >= 11 is 0. The Morgan fingerprint density at radius 1 is 1.00 bits per heavy atom. The summed E-state index contributed by atoms with van der Waals surface area (Å²) in [5, 5.41) is 12.9. The number of hydrogen-bond acceptors (Lipinski definition) is 5. The van der Waals surface area contributed by atoms with E-state index in [4.69, 9.17) is 14.7 Å². The first kappa shape index (κ1) is 14.6. The Balaban J connectivity index is 1.48. The Kier molecular flexibility index (Phi) is 4.50. The molecule has 0 N–H and O–H groups in total. The van der Waals surface area contributed by atoms with Crippen LogP contribution in [0, 0.1) is 11.3 Å². The third-order valence-corrected chi connectivity index (χ3v) is 3.10. The molecule has 1 heterocycles. The second-order valence-electron chi connectivity index (χ2n) is 4.67. The van der Waals surface area contributed by atoms with Gasteiger partial charge in [-0.25, -0.2) is 9.67 Å². The van der Waals surface area contributed by atoms with E-state index in [0.717, 1.165) is 11.4 Å². The van der Waals surface area contributed by atoms with E-state index in [1.54, 1.807) is 29.2 Å². The van der Waals surface area contributed by atoms with Crippen LogP contribution in [0.5, 0.6) is 11.5 Å². The summed E-state index contributed by atoms with van der Waals surface area (Å²) in [5.74, 6) is 1.41. The van der Waals surface area contributed by atoms with E-state index in [1.807, 2.05) is 30.3 Å². The third kappa shape index (κ3) is 3.86. The molecule has 114 valence electrons. The van der Waals surface area contributed by atoms with Gasteiger partial charge in [-0.2, -0.15) is 10.4 Å². The van der Waals surface area contributed by atoms with Crippen LogP contribution < -0.4 is 9.47 Å². The Hall–Kier alpha value is -3.33. The van der Waals surface area contributed by atoms with Crippen molar-refractivity contribution >= 4 is 0 Å². The molecule has 0 radical (unpaired) electrons. The second-order valence-corrected chi connectivity index (χ2v) is 4.67. The van der Waals surface area contributed by atoms with Gasteiger partial charge in [0.2, 0.25) is 0 Å². The minimum atomic E-state index is 0.402. The fourth-order valence-electron chi connectivity index (χ4n) is 2.01. The number of rotatable bonds is 6. The standard InChI is InChI=1S/C17H14N4O2/c18-11-14-2-1-3-17(10-14)23-9-8-22-16-6-4-15(5-7-16)21-13-19-12-20-21/h1-7,10,12-13H,8-9H2. The first-order valence-corrected chi connectivity index (χ1v) is 7.06. The summed E-state index contributed by atoms with van der Waals surface area (Å²) in [6.45, 7) is 0.819. The number of nitriles is 1. The first-order valence-electron chi connectivity index (χ1n) is 7.06. The van der Waals surface area contributed by atoms with Crippen molar-refractivity contribution in [3.8, 4) is 23.3 Å². The number of aromatic nitrogens is 3. The second kappa shape index (κ2) is 7.09. The molecule has 6 heteroatoms. The molecule has 0 bridgehead atoms. The minimum Gasteiger partial charge on any atom is -0.490 e. The highest BCUT2D eigenvalue weighted by molar-refractivity contribution is 5.37. The molecule has 0 aliphatic carbocycles. The van der Waals surface area contributed by atoms with Gasteiger partial charge in [0.1, 0.15) is 37.4 Å². The van der Waals surface area contributed by atoms with Crippen LogP contribution in [0.25, 0.3) is 5.69 Å². The lowest BCUT2D eigenvalue weighted by Gasteiger charge is -2.09. The predicted molar refractivity (Wildman–Crippen MR) is 83.5 cm³/mol. The van der Waals surface area contributed by atoms with Crippen molar-refractivity contribution in [1.82, 2.24) is 14.8 Å². The summed E-state index contributed by atoms with van der Waals surface area (Å²) in [7, 11) is 0. The van der Waals surface area contributed by atoms with Crippen LogP contribution in [0.1, 0.15) is 5.56 Å². The molecule has 2 aromatic carbocycles. The zero-order valence-electron chi connectivity index (χ0n) is 12.3. The molecule has 6 nitrogen and oxygen atoms in total. The van der Waals surface area contributed by atoms with Gasteiger partial charge >= 0.3 is 0 Å². The molecule has 0 aliphatic rings. The summed E-state index contributed by atoms with van der Waals surface area (Å²) in [4.78, 5) is 3.91. The van der Waals surface area contributed by atoms with Crippen molar-refractivity contribution in [2.45, 2.75) is 0 Å². The van der Waals surface area contributed by atoms with Crippen molar-refractivity contribution in [3.05, 3.63) is 66.7 Å². The van der Waals surface area contributed by atoms with Gasteiger partial charge in [-0.3, -0.25) is 0 Å². The number of benzene rings is 2. The van der Waals surface area contributed by atoms with Gasteiger partial charge in [-0.1, -0.05) is 6.07 Å². The van der Waals surface area contributed by atoms with E-state index in [2.05, 4.69) is 16.2 Å². The average molecular weight is 306 g/mol. The molecule has 0 amide bonds. The Morgan fingerprint density at radius 3 is 2.48 bits per heavy atom. The van der Waals surface area contributed by atoms with Gasteiger partial charge in [0, 0.05) is 0 Å². The number of nitrogens with zero attached hydrogens (tertiary/aromatic N) is 4. The molecule has 23 heavy (non-hydrogen) atoms.